The second kappa shape index (κ2) is 7.12. The monoisotopic (exact) mass is 287 g/mol. The van der Waals surface area contributed by atoms with Gasteiger partial charge in [0.1, 0.15) is 0 Å². The van der Waals surface area contributed by atoms with Gasteiger partial charge in [0.05, 0.1) is 5.69 Å². The van der Waals surface area contributed by atoms with Gasteiger partial charge in [0, 0.05) is 12.0 Å². The summed E-state index contributed by atoms with van der Waals surface area (Å²) in [6.07, 6.45) is 1.38. The molecule has 2 aromatic carbocycles. The van der Waals surface area contributed by atoms with Crippen molar-refractivity contribution in [3.8, 4) is 0 Å². The summed E-state index contributed by atoms with van der Waals surface area (Å²) in [5, 5.41) is 2.93. The average molecular weight is 287 g/mol. The molecule has 0 aliphatic carbocycles. The van der Waals surface area contributed by atoms with Gasteiger partial charge in [-0.2, -0.15) is 0 Å². The summed E-state index contributed by atoms with van der Waals surface area (Å²) in [7, 11) is 1.54. The summed E-state index contributed by atoms with van der Waals surface area (Å²) in [4.78, 5) is 13.4. The summed E-state index contributed by atoms with van der Waals surface area (Å²) in [6.45, 7) is 0. The predicted molar refractivity (Wildman–Crippen MR) is 83.0 cm³/mol. The second-order valence-electron chi connectivity index (χ2n) is 4.22. The number of carbonyl (C=O) groups excluding carboxylic acids is 1. The van der Waals surface area contributed by atoms with Gasteiger partial charge in [-0.05, 0) is 24.0 Å². The Morgan fingerprint density at radius 3 is 2.40 bits per heavy atom. The van der Waals surface area contributed by atoms with Crippen LogP contribution in [0.1, 0.15) is 11.7 Å². The van der Waals surface area contributed by atoms with E-state index in [4.69, 9.17) is 4.74 Å². The first-order valence-corrected chi connectivity index (χ1v) is 7.50. The van der Waals surface area contributed by atoms with E-state index in [0.29, 0.717) is 0 Å². The molecule has 3 nitrogen and oxygen atoms in total. The van der Waals surface area contributed by atoms with E-state index in [9.17, 15) is 4.79 Å². The normalized spacial score (nSPS) is 11.9. The van der Waals surface area contributed by atoms with Crippen molar-refractivity contribution in [3.05, 3.63) is 60.2 Å². The third-order valence-corrected chi connectivity index (χ3v) is 3.74. The Morgan fingerprint density at radius 1 is 1.10 bits per heavy atom. The molecule has 2 aromatic rings. The molecular weight excluding hydrogens is 270 g/mol. The third-order valence-electron chi connectivity index (χ3n) is 2.94. The van der Waals surface area contributed by atoms with Crippen LogP contribution in [0.2, 0.25) is 0 Å². The largest absolute Gasteiger partial charge is 0.367 e. The van der Waals surface area contributed by atoms with Gasteiger partial charge in [-0.1, -0.05) is 42.5 Å². The zero-order valence-corrected chi connectivity index (χ0v) is 12.3. The number of methoxy groups -OCH3 is 1. The van der Waals surface area contributed by atoms with E-state index < -0.39 is 6.10 Å². The fourth-order valence-corrected chi connectivity index (χ4v) is 2.52. The third kappa shape index (κ3) is 3.40. The summed E-state index contributed by atoms with van der Waals surface area (Å²) in [5.41, 5.74) is 1.65. The topological polar surface area (TPSA) is 38.3 Å². The van der Waals surface area contributed by atoms with Crippen LogP contribution in [0.5, 0.6) is 0 Å². The minimum Gasteiger partial charge on any atom is -0.367 e. The highest BCUT2D eigenvalue weighted by molar-refractivity contribution is 7.98. The van der Waals surface area contributed by atoms with Crippen molar-refractivity contribution in [1.82, 2.24) is 0 Å². The van der Waals surface area contributed by atoms with Crippen molar-refractivity contribution in [2.45, 2.75) is 11.0 Å². The van der Waals surface area contributed by atoms with Crippen LogP contribution in [0.15, 0.2) is 59.5 Å². The van der Waals surface area contributed by atoms with Gasteiger partial charge >= 0.3 is 0 Å². The minimum absolute atomic E-state index is 0.166. The lowest BCUT2D eigenvalue weighted by Gasteiger charge is -2.16. The summed E-state index contributed by atoms with van der Waals surface area (Å²) in [5.74, 6) is -0.166. The van der Waals surface area contributed by atoms with Crippen LogP contribution in [0.25, 0.3) is 0 Å². The zero-order chi connectivity index (χ0) is 14.4. The molecule has 0 bridgehead atoms. The van der Waals surface area contributed by atoms with Crippen molar-refractivity contribution >= 4 is 23.4 Å². The van der Waals surface area contributed by atoms with E-state index >= 15 is 0 Å². The highest BCUT2D eigenvalue weighted by Gasteiger charge is 2.20. The number of benzene rings is 2. The van der Waals surface area contributed by atoms with E-state index in [1.807, 2.05) is 60.9 Å². The molecular formula is C16H17NO2S. The number of nitrogens with one attached hydrogen (secondary N) is 1. The summed E-state index contributed by atoms with van der Waals surface area (Å²) < 4.78 is 5.33. The molecule has 0 fully saturated rings. The molecule has 1 amide bonds. The van der Waals surface area contributed by atoms with E-state index in [1.54, 1.807) is 11.8 Å². The van der Waals surface area contributed by atoms with Gasteiger partial charge in [-0.3, -0.25) is 4.79 Å². The van der Waals surface area contributed by atoms with Crippen LogP contribution < -0.4 is 5.32 Å². The average Bonchev–Trinajstić information content (AvgIpc) is 2.49. The maximum Gasteiger partial charge on any atom is 0.258 e. The number of para-hydroxylation sites is 1. The first-order valence-electron chi connectivity index (χ1n) is 6.28. The van der Waals surface area contributed by atoms with Crippen molar-refractivity contribution in [3.63, 3.8) is 0 Å². The molecule has 0 saturated heterocycles. The quantitative estimate of drug-likeness (QED) is 0.851. The summed E-state index contributed by atoms with van der Waals surface area (Å²) in [6, 6.07) is 17.2. The molecule has 2 rings (SSSR count). The number of anilines is 1. The van der Waals surface area contributed by atoms with Crippen LogP contribution in [-0.2, 0) is 9.53 Å². The Balaban J connectivity index is 2.18. The maximum atomic E-state index is 12.4. The molecule has 0 aliphatic heterocycles. The Hall–Kier alpha value is -1.78. The molecule has 0 aliphatic rings. The Kier molecular flexibility index (Phi) is 5.21. The number of rotatable bonds is 5. The van der Waals surface area contributed by atoms with Crippen LogP contribution in [0, 0.1) is 0 Å². The maximum absolute atomic E-state index is 12.4. The fourth-order valence-electron chi connectivity index (χ4n) is 1.97. The zero-order valence-electron chi connectivity index (χ0n) is 11.5. The van der Waals surface area contributed by atoms with Gasteiger partial charge in [-0.25, -0.2) is 0 Å². The van der Waals surface area contributed by atoms with E-state index in [-0.39, 0.29) is 5.91 Å². The number of carbonyl (C=O) groups is 1. The van der Waals surface area contributed by atoms with E-state index in [2.05, 4.69) is 5.32 Å². The Morgan fingerprint density at radius 2 is 1.75 bits per heavy atom. The standard InChI is InChI=1S/C16H17NO2S/c1-19-15(12-8-4-3-5-9-12)16(18)17-13-10-6-7-11-14(13)20-2/h3-11,15H,1-2H3,(H,17,18). The Labute approximate surface area is 123 Å². The second-order valence-corrected chi connectivity index (χ2v) is 5.06. The molecule has 0 heterocycles. The van der Waals surface area contributed by atoms with Gasteiger partial charge < -0.3 is 10.1 Å². The molecule has 1 N–H and O–H groups in total. The Bertz CT molecular complexity index is 572. The minimum atomic E-state index is -0.605. The van der Waals surface area contributed by atoms with Crippen molar-refractivity contribution < 1.29 is 9.53 Å². The molecule has 0 spiro atoms. The number of amides is 1. The predicted octanol–water partition coefficient (Wildman–Crippen LogP) is 3.73. The lowest BCUT2D eigenvalue weighted by Crippen LogP contribution is -2.22. The molecule has 1 atom stereocenters. The smallest absolute Gasteiger partial charge is 0.258 e. The van der Waals surface area contributed by atoms with Crippen molar-refractivity contribution in [2.24, 2.45) is 0 Å². The van der Waals surface area contributed by atoms with Gasteiger partial charge in [-0.15, -0.1) is 11.8 Å². The van der Waals surface area contributed by atoms with E-state index in [0.717, 1.165) is 16.1 Å². The lowest BCUT2D eigenvalue weighted by molar-refractivity contribution is -0.126. The van der Waals surface area contributed by atoms with E-state index in [1.165, 1.54) is 7.11 Å². The van der Waals surface area contributed by atoms with Crippen molar-refractivity contribution in [2.75, 3.05) is 18.7 Å². The van der Waals surface area contributed by atoms with Gasteiger partial charge in [0.2, 0.25) is 0 Å². The first kappa shape index (κ1) is 14.6. The molecule has 104 valence electrons. The van der Waals surface area contributed by atoms with Crippen molar-refractivity contribution in [1.29, 1.82) is 0 Å². The SMILES string of the molecule is COC(C(=O)Nc1ccccc1SC)c1ccccc1. The van der Waals surface area contributed by atoms with Gasteiger partial charge in [0.15, 0.2) is 6.10 Å². The molecule has 0 radical (unpaired) electrons. The first-order chi connectivity index (χ1) is 9.76. The number of hydrogen-bond donors (Lipinski definition) is 1. The molecule has 0 aromatic heterocycles. The number of hydrogen-bond acceptors (Lipinski definition) is 3. The lowest BCUT2D eigenvalue weighted by atomic mass is 10.1. The highest BCUT2D eigenvalue weighted by atomic mass is 32.2. The van der Waals surface area contributed by atoms with Crippen LogP contribution in [-0.4, -0.2) is 19.3 Å². The summed E-state index contributed by atoms with van der Waals surface area (Å²) >= 11 is 1.60. The van der Waals surface area contributed by atoms with Gasteiger partial charge in [0.25, 0.3) is 5.91 Å². The molecule has 4 heteroatoms. The molecule has 20 heavy (non-hydrogen) atoms. The molecule has 0 saturated carbocycles. The fraction of sp³-hybridized carbons (Fsp3) is 0.188. The van der Waals surface area contributed by atoms with Crippen LogP contribution in [0.4, 0.5) is 5.69 Å². The highest BCUT2D eigenvalue weighted by Crippen LogP contribution is 2.26. The molecule has 1 unspecified atom stereocenters. The van der Waals surface area contributed by atoms with Crippen LogP contribution in [0.3, 0.4) is 0 Å². The van der Waals surface area contributed by atoms with Crippen LogP contribution >= 0.6 is 11.8 Å². The number of ether oxygens (including phenoxy) is 1. The number of thioether (sulfide) groups is 1.